The third-order valence-electron chi connectivity index (χ3n) is 4.82. The number of esters is 4. The highest BCUT2D eigenvalue weighted by molar-refractivity contribution is 5.68. The summed E-state index contributed by atoms with van der Waals surface area (Å²) in [5.41, 5.74) is 0.704. The number of benzene rings is 1. The quantitative estimate of drug-likeness (QED) is 0.358. The Labute approximate surface area is 208 Å². The van der Waals surface area contributed by atoms with Gasteiger partial charge >= 0.3 is 23.9 Å². The van der Waals surface area contributed by atoms with Gasteiger partial charge in [0.25, 0.3) is 0 Å². The zero-order valence-corrected chi connectivity index (χ0v) is 20.6. The highest BCUT2D eigenvalue weighted by atomic mass is 16.7. The number of phenols is 1. The lowest BCUT2D eigenvalue weighted by molar-refractivity contribution is -0.305. The fourth-order valence-corrected chi connectivity index (χ4v) is 3.46. The number of methoxy groups -OCH3 is 1. The molecule has 1 aromatic carbocycles. The van der Waals surface area contributed by atoms with Crippen molar-refractivity contribution in [2.75, 3.05) is 20.3 Å². The number of carbonyl (C=O) groups is 4. The van der Waals surface area contributed by atoms with E-state index in [9.17, 15) is 24.3 Å². The lowest BCUT2D eigenvalue weighted by Gasteiger charge is -2.43. The van der Waals surface area contributed by atoms with Crippen LogP contribution in [0.3, 0.4) is 0 Å². The predicted octanol–water partition coefficient (Wildman–Crippen LogP) is 1.51. The molecule has 1 aromatic rings. The summed E-state index contributed by atoms with van der Waals surface area (Å²) in [5, 5.41) is 9.71. The van der Waals surface area contributed by atoms with Gasteiger partial charge < -0.3 is 38.3 Å². The fourth-order valence-electron chi connectivity index (χ4n) is 3.46. The van der Waals surface area contributed by atoms with Crippen molar-refractivity contribution in [2.45, 2.75) is 58.4 Å². The average molecular weight is 510 g/mol. The molecule has 0 aliphatic carbocycles. The van der Waals surface area contributed by atoms with Crippen LogP contribution in [0.25, 0.3) is 6.08 Å². The molecule has 1 fully saturated rings. The van der Waals surface area contributed by atoms with Gasteiger partial charge in [0.2, 0.25) is 0 Å². The van der Waals surface area contributed by atoms with E-state index < -0.39 is 54.6 Å². The summed E-state index contributed by atoms with van der Waals surface area (Å²) in [6, 6.07) is 4.74. The largest absolute Gasteiger partial charge is 0.504 e. The van der Waals surface area contributed by atoms with Crippen LogP contribution in [-0.2, 0) is 47.6 Å². The number of hydrogen-bond donors (Lipinski definition) is 1. The molecule has 0 aromatic heterocycles. The Balaban J connectivity index is 2.28. The second-order valence-corrected chi connectivity index (χ2v) is 7.73. The molecule has 1 N–H and O–H groups in total. The molecule has 1 heterocycles. The first kappa shape index (κ1) is 28.6. The Morgan fingerprint density at radius 2 is 1.53 bits per heavy atom. The molecule has 0 saturated carbocycles. The van der Waals surface area contributed by atoms with E-state index in [4.69, 9.17) is 33.2 Å². The van der Waals surface area contributed by atoms with Gasteiger partial charge in [-0.05, 0) is 17.7 Å². The second-order valence-electron chi connectivity index (χ2n) is 7.73. The highest BCUT2D eigenvalue weighted by Gasteiger charge is 2.52. The van der Waals surface area contributed by atoms with Crippen molar-refractivity contribution >= 4 is 30.0 Å². The molecule has 5 atom stereocenters. The molecule has 2 rings (SSSR count). The third kappa shape index (κ3) is 8.54. The standard InChI is InChI=1S/C24H30O12/c1-13(25)32-12-20-21(33-14(2)26)22(34-15(3)27)23(35-16(4)28)24(36-20)31-10-6-7-17-8-9-18(29)19(11-17)30-5/h6-9,11,20-24,29H,10,12H2,1-5H3/b7-6+/t20-,21-,22+,23-,24-/m1/s1. The van der Waals surface area contributed by atoms with E-state index in [1.165, 1.54) is 20.1 Å². The molecule has 1 aliphatic rings. The Hall–Kier alpha value is -3.64. The first-order valence-electron chi connectivity index (χ1n) is 11.0. The Morgan fingerprint density at radius 1 is 0.917 bits per heavy atom. The predicted molar refractivity (Wildman–Crippen MR) is 122 cm³/mol. The molecule has 36 heavy (non-hydrogen) atoms. The minimum Gasteiger partial charge on any atom is -0.504 e. The topological polar surface area (TPSA) is 153 Å². The molecule has 0 bridgehead atoms. The maximum atomic E-state index is 11.8. The van der Waals surface area contributed by atoms with E-state index in [-0.39, 0.29) is 24.7 Å². The van der Waals surface area contributed by atoms with E-state index in [2.05, 4.69) is 0 Å². The van der Waals surface area contributed by atoms with Crippen LogP contribution in [-0.4, -0.2) is 80.0 Å². The smallest absolute Gasteiger partial charge is 0.303 e. The molecule has 1 saturated heterocycles. The average Bonchev–Trinajstić information content (AvgIpc) is 2.79. The SMILES string of the molecule is COc1cc(/C=C/CO[C@@H]2O[C@H](COC(C)=O)[C@@H](OC(C)=O)[C@H](OC(C)=O)[C@H]2OC(C)=O)ccc1O. The first-order valence-corrected chi connectivity index (χ1v) is 11.0. The van der Waals surface area contributed by atoms with Gasteiger partial charge in [-0.2, -0.15) is 0 Å². The van der Waals surface area contributed by atoms with Gasteiger partial charge in [-0.15, -0.1) is 0 Å². The Kier molecular flexibility index (Phi) is 10.7. The van der Waals surface area contributed by atoms with Gasteiger partial charge in [0, 0.05) is 27.7 Å². The van der Waals surface area contributed by atoms with E-state index in [1.54, 1.807) is 24.3 Å². The van der Waals surface area contributed by atoms with Crippen LogP contribution < -0.4 is 4.74 Å². The Morgan fingerprint density at radius 3 is 2.11 bits per heavy atom. The number of rotatable bonds is 10. The molecule has 12 nitrogen and oxygen atoms in total. The van der Waals surface area contributed by atoms with E-state index in [0.717, 1.165) is 20.8 Å². The normalized spacial score (nSPS) is 23.5. The molecule has 0 spiro atoms. The maximum Gasteiger partial charge on any atom is 0.303 e. The van der Waals surface area contributed by atoms with Gasteiger partial charge in [-0.1, -0.05) is 18.2 Å². The number of carbonyl (C=O) groups excluding carboxylic acids is 4. The van der Waals surface area contributed by atoms with Crippen molar-refractivity contribution in [3.63, 3.8) is 0 Å². The van der Waals surface area contributed by atoms with Crippen molar-refractivity contribution in [1.82, 2.24) is 0 Å². The lowest BCUT2D eigenvalue weighted by Crippen LogP contribution is -2.62. The molecule has 0 unspecified atom stereocenters. The summed E-state index contributed by atoms with van der Waals surface area (Å²) >= 11 is 0. The van der Waals surface area contributed by atoms with E-state index in [0.29, 0.717) is 5.56 Å². The Bertz CT molecular complexity index is 972. The van der Waals surface area contributed by atoms with Gasteiger partial charge in [-0.3, -0.25) is 19.2 Å². The molecule has 1 aliphatic heterocycles. The molecular formula is C24H30O12. The van der Waals surface area contributed by atoms with Gasteiger partial charge in [-0.25, -0.2) is 0 Å². The number of phenolic OH excluding ortho intramolecular Hbond substituents is 1. The summed E-state index contributed by atoms with van der Waals surface area (Å²) in [6.45, 7) is 4.21. The zero-order valence-electron chi connectivity index (χ0n) is 20.6. The van der Waals surface area contributed by atoms with E-state index >= 15 is 0 Å². The van der Waals surface area contributed by atoms with E-state index in [1.807, 2.05) is 0 Å². The zero-order chi connectivity index (χ0) is 26.8. The van der Waals surface area contributed by atoms with Crippen LogP contribution in [0.2, 0.25) is 0 Å². The molecule has 198 valence electrons. The van der Waals surface area contributed by atoms with Crippen molar-refractivity contribution in [2.24, 2.45) is 0 Å². The van der Waals surface area contributed by atoms with Crippen LogP contribution in [0.1, 0.15) is 33.3 Å². The first-order chi connectivity index (χ1) is 17.0. The van der Waals surface area contributed by atoms with Crippen LogP contribution in [0.5, 0.6) is 11.5 Å². The minimum atomic E-state index is -1.31. The maximum absolute atomic E-state index is 11.8. The van der Waals surface area contributed by atoms with Gasteiger partial charge in [0.15, 0.2) is 36.1 Å². The van der Waals surface area contributed by atoms with Crippen LogP contribution in [0.15, 0.2) is 24.3 Å². The summed E-state index contributed by atoms with van der Waals surface area (Å²) in [7, 11) is 1.43. The fraction of sp³-hybridized carbons (Fsp3) is 0.500. The summed E-state index contributed by atoms with van der Waals surface area (Å²) < 4.78 is 37.7. The van der Waals surface area contributed by atoms with Crippen molar-refractivity contribution in [3.05, 3.63) is 29.8 Å². The molecule has 0 radical (unpaired) electrons. The molecular weight excluding hydrogens is 480 g/mol. The minimum absolute atomic E-state index is 0.0107. The van der Waals surface area contributed by atoms with Gasteiger partial charge in [0.1, 0.15) is 12.7 Å². The van der Waals surface area contributed by atoms with Crippen LogP contribution in [0, 0.1) is 0 Å². The second kappa shape index (κ2) is 13.4. The lowest BCUT2D eigenvalue weighted by atomic mass is 9.98. The number of aromatic hydroxyl groups is 1. The molecule has 12 heteroatoms. The summed E-state index contributed by atoms with van der Waals surface area (Å²) in [5.74, 6) is -2.51. The van der Waals surface area contributed by atoms with Crippen molar-refractivity contribution in [3.8, 4) is 11.5 Å². The van der Waals surface area contributed by atoms with Crippen molar-refractivity contribution in [1.29, 1.82) is 0 Å². The summed E-state index contributed by atoms with van der Waals surface area (Å²) in [6.07, 6.45) is -2.91. The van der Waals surface area contributed by atoms with Crippen molar-refractivity contribution < 1.29 is 57.4 Å². The number of hydrogen-bond acceptors (Lipinski definition) is 12. The summed E-state index contributed by atoms with van der Waals surface area (Å²) in [4.78, 5) is 46.8. The highest BCUT2D eigenvalue weighted by Crippen LogP contribution is 2.30. The van der Waals surface area contributed by atoms with Crippen LogP contribution >= 0.6 is 0 Å². The van der Waals surface area contributed by atoms with Gasteiger partial charge in [0.05, 0.1) is 13.7 Å². The monoisotopic (exact) mass is 510 g/mol. The van der Waals surface area contributed by atoms with Crippen LogP contribution in [0.4, 0.5) is 0 Å². The number of ether oxygens (including phenoxy) is 7. The third-order valence-corrected chi connectivity index (χ3v) is 4.82. The molecule has 0 amide bonds.